The zero-order valence-electron chi connectivity index (χ0n) is 14.2. The Hall–Kier alpha value is -3.06. The van der Waals surface area contributed by atoms with Gasteiger partial charge in [-0.1, -0.05) is 23.7 Å². The van der Waals surface area contributed by atoms with E-state index >= 15 is 0 Å². The fourth-order valence-electron chi connectivity index (χ4n) is 2.62. The van der Waals surface area contributed by atoms with Gasteiger partial charge in [0, 0.05) is 23.0 Å². The summed E-state index contributed by atoms with van der Waals surface area (Å²) in [6.45, 7) is 3.60. The number of hydrogen-bond acceptors (Lipinski definition) is 3. The number of benzene rings is 1. The van der Waals surface area contributed by atoms with Crippen molar-refractivity contribution in [2.24, 2.45) is 0 Å². The van der Waals surface area contributed by atoms with Gasteiger partial charge in [0.15, 0.2) is 0 Å². The number of carboxylic acid groups (broad SMARTS) is 1. The summed E-state index contributed by atoms with van der Waals surface area (Å²) in [6.07, 6.45) is 2.06. The van der Waals surface area contributed by atoms with E-state index in [2.05, 4.69) is 15.6 Å². The first kappa shape index (κ1) is 17.8. The third-order valence-electron chi connectivity index (χ3n) is 4.06. The molecule has 1 aromatic carbocycles. The van der Waals surface area contributed by atoms with Crippen LogP contribution in [0.1, 0.15) is 34.6 Å². The average Bonchev–Trinajstić information content (AvgIpc) is 2.99. The monoisotopic (exact) mass is 372 g/mol. The van der Waals surface area contributed by atoms with Crippen LogP contribution in [0.15, 0.2) is 42.7 Å². The number of hydrogen-bond donors (Lipinski definition) is 3. The molecule has 7 nitrogen and oxygen atoms in total. The van der Waals surface area contributed by atoms with Crippen molar-refractivity contribution in [1.29, 1.82) is 0 Å². The Morgan fingerprint density at radius 1 is 1.27 bits per heavy atom. The molecule has 3 aromatic rings. The minimum atomic E-state index is -1.10. The van der Waals surface area contributed by atoms with Gasteiger partial charge < -0.3 is 15.7 Å². The number of nitrogens with zero attached hydrogens (tertiary/aromatic N) is 2. The average molecular weight is 373 g/mol. The van der Waals surface area contributed by atoms with Gasteiger partial charge in [0.1, 0.15) is 11.3 Å². The van der Waals surface area contributed by atoms with E-state index in [4.69, 9.17) is 16.7 Å². The maximum Gasteiger partial charge on any atom is 0.405 e. The van der Waals surface area contributed by atoms with Gasteiger partial charge in [0.05, 0.1) is 12.2 Å². The first-order chi connectivity index (χ1) is 12.3. The van der Waals surface area contributed by atoms with Crippen molar-refractivity contribution in [3.05, 3.63) is 64.6 Å². The van der Waals surface area contributed by atoms with Crippen molar-refractivity contribution in [2.45, 2.75) is 19.9 Å². The lowest BCUT2D eigenvalue weighted by molar-refractivity contribution is 0.102. The minimum absolute atomic E-state index is 0.320. The number of rotatable bonds is 4. The van der Waals surface area contributed by atoms with Gasteiger partial charge in [0.25, 0.3) is 5.91 Å². The lowest BCUT2D eigenvalue weighted by atomic mass is 10.0. The second kappa shape index (κ2) is 7.05. The molecule has 8 heteroatoms. The van der Waals surface area contributed by atoms with Gasteiger partial charge in [-0.15, -0.1) is 0 Å². The number of fused-ring (bicyclic) bond motifs is 1. The summed E-state index contributed by atoms with van der Waals surface area (Å²) in [5.74, 6) is -0.320. The van der Waals surface area contributed by atoms with E-state index < -0.39 is 12.1 Å². The van der Waals surface area contributed by atoms with Crippen molar-refractivity contribution in [3.8, 4) is 0 Å². The fourth-order valence-corrected chi connectivity index (χ4v) is 2.78. The molecular formula is C18H17ClN4O3. The number of anilines is 1. The zero-order chi connectivity index (χ0) is 18.8. The molecule has 3 rings (SSSR count). The Morgan fingerprint density at radius 2 is 2.04 bits per heavy atom. The molecule has 0 aliphatic rings. The van der Waals surface area contributed by atoms with Crippen LogP contribution in [0.25, 0.3) is 5.65 Å². The van der Waals surface area contributed by atoms with Gasteiger partial charge in [-0.05, 0) is 37.1 Å². The van der Waals surface area contributed by atoms with E-state index in [1.165, 1.54) is 6.20 Å². The number of pyridine rings is 1. The fraction of sp³-hybridized carbons (Fsp3) is 0.167. The molecule has 26 heavy (non-hydrogen) atoms. The molecule has 2 heterocycles. The number of amides is 2. The quantitative estimate of drug-likeness (QED) is 0.647. The van der Waals surface area contributed by atoms with E-state index in [9.17, 15) is 9.59 Å². The second-order valence-corrected chi connectivity index (χ2v) is 6.35. The highest BCUT2D eigenvalue weighted by molar-refractivity contribution is 6.30. The highest BCUT2D eigenvalue weighted by Gasteiger charge is 2.15. The maximum absolute atomic E-state index is 12.7. The Bertz CT molecular complexity index is 999. The van der Waals surface area contributed by atoms with Crippen LogP contribution < -0.4 is 10.6 Å². The highest BCUT2D eigenvalue weighted by Crippen LogP contribution is 2.22. The molecule has 3 N–H and O–H groups in total. The molecule has 1 atom stereocenters. The van der Waals surface area contributed by atoms with E-state index in [0.717, 1.165) is 11.1 Å². The summed E-state index contributed by atoms with van der Waals surface area (Å²) in [6, 6.07) is 8.36. The topological polar surface area (TPSA) is 95.7 Å². The number of halogens is 1. The van der Waals surface area contributed by atoms with Crippen molar-refractivity contribution < 1.29 is 14.7 Å². The van der Waals surface area contributed by atoms with E-state index in [0.29, 0.717) is 22.1 Å². The van der Waals surface area contributed by atoms with Gasteiger partial charge in [-0.2, -0.15) is 0 Å². The van der Waals surface area contributed by atoms with Gasteiger partial charge in [0.2, 0.25) is 0 Å². The minimum Gasteiger partial charge on any atom is -0.465 e. The molecule has 0 unspecified atom stereocenters. The number of aryl methyl sites for hydroxylation is 1. The molecule has 0 saturated carbocycles. The van der Waals surface area contributed by atoms with E-state index in [-0.39, 0.29) is 5.91 Å². The van der Waals surface area contributed by atoms with Crippen LogP contribution in [0.4, 0.5) is 10.5 Å². The lowest BCUT2D eigenvalue weighted by Crippen LogP contribution is -2.24. The smallest absolute Gasteiger partial charge is 0.405 e. The molecule has 0 bridgehead atoms. The van der Waals surface area contributed by atoms with Crippen LogP contribution in [0.3, 0.4) is 0 Å². The molecule has 134 valence electrons. The van der Waals surface area contributed by atoms with Crippen LogP contribution in [-0.4, -0.2) is 26.5 Å². The highest BCUT2D eigenvalue weighted by atomic mass is 35.5. The second-order valence-electron chi connectivity index (χ2n) is 5.92. The van der Waals surface area contributed by atoms with Crippen LogP contribution >= 0.6 is 11.6 Å². The Balaban J connectivity index is 1.87. The SMILES string of the molecule is Cc1ccc([C@H](C)NC(=O)O)cc1NC(=O)c1cnc2cc(Cl)ccn12. The third kappa shape index (κ3) is 3.62. The van der Waals surface area contributed by atoms with Crippen molar-refractivity contribution in [3.63, 3.8) is 0 Å². The van der Waals surface area contributed by atoms with Gasteiger partial charge in [-0.3, -0.25) is 9.20 Å². The summed E-state index contributed by atoms with van der Waals surface area (Å²) in [5.41, 5.74) is 3.17. The molecule has 0 fully saturated rings. The number of carbonyl (C=O) groups excluding carboxylic acids is 1. The number of aromatic nitrogens is 2. The van der Waals surface area contributed by atoms with Crippen molar-refractivity contribution in [1.82, 2.24) is 14.7 Å². The van der Waals surface area contributed by atoms with Gasteiger partial charge >= 0.3 is 6.09 Å². The molecule has 0 radical (unpaired) electrons. The normalized spacial score (nSPS) is 12.0. The first-order valence-corrected chi connectivity index (χ1v) is 8.27. The zero-order valence-corrected chi connectivity index (χ0v) is 14.9. The molecule has 0 aliphatic carbocycles. The lowest BCUT2D eigenvalue weighted by Gasteiger charge is -2.15. The number of nitrogens with one attached hydrogen (secondary N) is 2. The predicted octanol–water partition coefficient (Wildman–Crippen LogP) is 3.88. The van der Waals surface area contributed by atoms with Crippen LogP contribution in [0, 0.1) is 6.92 Å². The number of imidazole rings is 1. The summed E-state index contributed by atoms with van der Waals surface area (Å²) < 4.78 is 1.65. The molecule has 2 aromatic heterocycles. The Labute approximate surface area is 154 Å². The molecular weight excluding hydrogens is 356 g/mol. The Kier molecular flexibility index (Phi) is 4.81. The van der Waals surface area contributed by atoms with Crippen molar-refractivity contribution in [2.75, 3.05) is 5.32 Å². The van der Waals surface area contributed by atoms with Crippen molar-refractivity contribution >= 4 is 34.9 Å². The largest absolute Gasteiger partial charge is 0.465 e. The summed E-state index contributed by atoms with van der Waals surface area (Å²) in [4.78, 5) is 27.7. The van der Waals surface area contributed by atoms with Crippen LogP contribution in [-0.2, 0) is 0 Å². The molecule has 0 aliphatic heterocycles. The standard InChI is InChI=1S/C18H17ClN4O3/c1-10-3-4-12(11(2)21-18(25)26)7-14(10)22-17(24)15-9-20-16-8-13(19)5-6-23(15)16/h3-9,11,21H,1-2H3,(H,22,24)(H,25,26)/t11-/m0/s1. The summed E-state index contributed by atoms with van der Waals surface area (Å²) in [7, 11) is 0. The van der Waals surface area contributed by atoms with Crippen LogP contribution in [0.5, 0.6) is 0 Å². The number of carbonyl (C=O) groups is 2. The molecule has 0 spiro atoms. The first-order valence-electron chi connectivity index (χ1n) is 7.89. The third-order valence-corrected chi connectivity index (χ3v) is 4.29. The van der Waals surface area contributed by atoms with Gasteiger partial charge in [-0.25, -0.2) is 9.78 Å². The maximum atomic E-state index is 12.7. The van der Waals surface area contributed by atoms with E-state index in [1.807, 2.05) is 19.1 Å². The van der Waals surface area contributed by atoms with E-state index in [1.54, 1.807) is 35.7 Å². The summed E-state index contributed by atoms with van der Waals surface area (Å²) >= 11 is 5.94. The Morgan fingerprint density at radius 3 is 2.77 bits per heavy atom. The predicted molar refractivity (Wildman–Crippen MR) is 98.9 cm³/mol. The summed E-state index contributed by atoms with van der Waals surface area (Å²) in [5, 5.41) is 14.7. The molecule has 2 amide bonds. The molecule has 0 saturated heterocycles. The van der Waals surface area contributed by atoms with Crippen LogP contribution in [0.2, 0.25) is 5.02 Å².